The lowest BCUT2D eigenvalue weighted by Gasteiger charge is -2.26. The van der Waals surface area contributed by atoms with Crippen molar-refractivity contribution in [3.05, 3.63) is 48.0 Å². The van der Waals surface area contributed by atoms with Gasteiger partial charge in [-0.05, 0) is 12.0 Å². The van der Waals surface area contributed by atoms with Crippen LogP contribution in [0.25, 0.3) is 0 Å². The average Bonchev–Trinajstić information content (AvgIpc) is 2.45. The lowest BCUT2D eigenvalue weighted by Crippen LogP contribution is -2.36. The molecule has 4 nitrogen and oxygen atoms in total. The Morgan fingerprint density at radius 2 is 1.95 bits per heavy atom. The van der Waals surface area contributed by atoms with E-state index in [1.54, 1.807) is 0 Å². The van der Waals surface area contributed by atoms with Crippen LogP contribution >= 0.6 is 34.8 Å². The van der Waals surface area contributed by atoms with Crippen molar-refractivity contribution in [3.8, 4) is 0 Å². The third-order valence-corrected chi connectivity index (χ3v) is 3.45. The zero-order valence-electron chi connectivity index (χ0n) is 11.7. The van der Waals surface area contributed by atoms with Crippen molar-refractivity contribution >= 4 is 46.7 Å². The summed E-state index contributed by atoms with van der Waals surface area (Å²) in [4.78, 5) is 17.5. The molecule has 0 bridgehead atoms. The van der Waals surface area contributed by atoms with Crippen molar-refractivity contribution in [1.82, 2.24) is 4.90 Å². The van der Waals surface area contributed by atoms with E-state index < -0.39 is 9.70 Å². The fourth-order valence-corrected chi connectivity index (χ4v) is 2.06. The quantitative estimate of drug-likeness (QED) is 0.595. The molecule has 2 rings (SSSR count). The van der Waals surface area contributed by atoms with Crippen LogP contribution in [0.5, 0.6) is 0 Å². The highest BCUT2D eigenvalue weighted by Gasteiger charge is 2.32. The third kappa shape index (κ3) is 5.20. The Morgan fingerprint density at radius 1 is 1.23 bits per heavy atom. The summed E-state index contributed by atoms with van der Waals surface area (Å²) >= 11 is 16.7. The van der Waals surface area contributed by atoms with E-state index in [9.17, 15) is 4.79 Å². The first-order chi connectivity index (χ1) is 10.5. The predicted molar refractivity (Wildman–Crippen MR) is 89.3 cm³/mol. The monoisotopic (exact) mass is 360 g/mol. The molecule has 0 spiro atoms. The third-order valence-electron chi connectivity index (χ3n) is 2.97. The van der Waals surface area contributed by atoms with Crippen molar-refractivity contribution in [2.24, 2.45) is 4.99 Å². The molecular formula is C15H15Cl3N2O2. The van der Waals surface area contributed by atoms with E-state index in [-0.39, 0.29) is 6.02 Å². The number of carbonyl (C=O) groups excluding carboxylic acids is 1. The van der Waals surface area contributed by atoms with Gasteiger partial charge in [-0.3, -0.25) is 4.79 Å². The highest BCUT2D eigenvalue weighted by Crippen LogP contribution is 2.27. The number of carbonyl (C=O) groups is 1. The number of hydrogen-bond donors (Lipinski definition) is 0. The summed E-state index contributed by atoms with van der Waals surface area (Å²) in [7, 11) is 0. The number of halogens is 3. The molecule has 1 aromatic carbocycles. The molecule has 7 heteroatoms. The first kappa shape index (κ1) is 17.1. The van der Waals surface area contributed by atoms with Crippen molar-refractivity contribution in [2.75, 3.05) is 13.2 Å². The van der Waals surface area contributed by atoms with Gasteiger partial charge in [-0.15, -0.1) is 0 Å². The second-order valence-electron chi connectivity index (χ2n) is 4.68. The number of nitrogens with zero attached hydrogens (tertiary/aromatic N) is 2. The fourth-order valence-electron chi connectivity index (χ4n) is 1.93. The van der Waals surface area contributed by atoms with E-state index in [2.05, 4.69) is 4.99 Å². The molecule has 0 radical (unpaired) electrons. The van der Waals surface area contributed by atoms with Crippen molar-refractivity contribution in [3.63, 3.8) is 0 Å². The van der Waals surface area contributed by atoms with Gasteiger partial charge in [-0.2, -0.15) is 4.99 Å². The maximum absolute atomic E-state index is 11.8. The number of hydrogen-bond acceptors (Lipinski definition) is 2. The van der Waals surface area contributed by atoms with Gasteiger partial charge in [0.1, 0.15) is 6.61 Å². The molecule has 0 atom stereocenters. The Kier molecular flexibility index (Phi) is 6.12. The summed E-state index contributed by atoms with van der Waals surface area (Å²) in [5, 5.41) is 0. The number of amides is 1. The number of aliphatic imine (C=N–C) groups is 1. The second kappa shape index (κ2) is 7.86. The summed E-state index contributed by atoms with van der Waals surface area (Å²) in [6, 6.07) is 9.99. The van der Waals surface area contributed by atoms with Gasteiger partial charge in [-0.1, -0.05) is 77.3 Å². The summed E-state index contributed by atoms with van der Waals surface area (Å²) in [6.07, 6.45) is 4.71. The molecule has 22 heavy (non-hydrogen) atoms. The molecule has 0 fully saturated rings. The summed E-state index contributed by atoms with van der Waals surface area (Å²) < 4.78 is 3.44. The van der Waals surface area contributed by atoms with Crippen LogP contribution in [-0.4, -0.2) is 33.8 Å². The SMILES string of the molecule is O=C(N=C1OC/C=C\CCN1Cc1ccccc1)C(Cl)(Cl)Cl. The van der Waals surface area contributed by atoms with Gasteiger partial charge in [0.15, 0.2) is 0 Å². The summed E-state index contributed by atoms with van der Waals surface area (Å²) in [5.41, 5.74) is 1.07. The fraction of sp³-hybridized carbons (Fsp3) is 0.333. The number of benzene rings is 1. The average molecular weight is 362 g/mol. The minimum atomic E-state index is -2.09. The van der Waals surface area contributed by atoms with Gasteiger partial charge in [-0.25, -0.2) is 0 Å². The highest BCUT2D eigenvalue weighted by atomic mass is 35.6. The van der Waals surface area contributed by atoms with Crippen LogP contribution in [0.4, 0.5) is 0 Å². The van der Waals surface area contributed by atoms with Gasteiger partial charge >= 0.3 is 5.91 Å². The maximum atomic E-state index is 11.8. The van der Waals surface area contributed by atoms with E-state index >= 15 is 0 Å². The number of rotatable bonds is 2. The largest absolute Gasteiger partial charge is 0.461 e. The van der Waals surface area contributed by atoms with E-state index in [0.29, 0.717) is 19.7 Å². The van der Waals surface area contributed by atoms with Gasteiger partial charge < -0.3 is 9.64 Å². The molecule has 0 aliphatic carbocycles. The molecule has 1 aliphatic rings. The molecule has 1 heterocycles. The van der Waals surface area contributed by atoms with Crippen LogP contribution in [0.15, 0.2) is 47.5 Å². The van der Waals surface area contributed by atoms with E-state index in [0.717, 1.165) is 12.0 Å². The van der Waals surface area contributed by atoms with Crippen LogP contribution in [0.2, 0.25) is 0 Å². The van der Waals surface area contributed by atoms with E-state index in [1.807, 2.05) is 47.4 Å². The van der Waals surface area contributed by atoms with Crippen molar-refractivity contribution in [1.29, 1.82) is 0 Å². The summed E-state index contributed by atoms with van der Waals surface area (Å²) in [5.74, 6) is -0.866. The summed E-state index contributed by atoms with van der Waals surface area (Å²) in [6.45, 7) is 1.52. The van der Waals surface area contributed by atoms with Crippen molar-refractivity contribution in [2.45, 2.75) is 16.8 Å². The van der Waals surface area contributed by atoms with Gasteiger partial charge in [0.2, 0.25) is 0 Å². The zero-order chi connectivity index (χ0) is 16.0. The molecule has 1 amide bonds. The Labute approximate surface area is 144 Å². The highest BCUT2D eigenvalue weighted by molar-refractivity contribution is 6.76. The minimum absolute atomic E-state index is 0.171. The molecule has 1 aromatic rings. The lowest BCUT2D eigenvalue weighted by atomic mass is 10.2. The second-order valence-corrected chi connectivity index (χ2v) is 6.96. The van der Waals surface area contributed by atoms with E-state index in [4.69, 9.17) is 39.5 Å². The van der Waals surface area contributed by atoms with Crippen molar-refractivity contribution < 1.29 is 9.53 Å². The van der Waals surface area contributed by atoms with Crippen LogP contribution in [0.1, 0.15) is 12.0 Å². The number of ether oxygens (including phenoxy) is 1. The molecule has 0 unspecified atom stereocenters. The predicted octanol–water partition coefficient (Wildman–Crippen LogP) is 3.72. The minimum Gasteiger partial charge on any atom is -0.461 e. The van der Waals surface area contributed by atoms with Crippen LogP contribution in [0.3, 0.4) is 0 Å². The topological polar surface area (TPSA) is 41.9 Å². The normalized spacial score (nSPS) is 19.2. The molecule has 118 valence electrons. The Morgan fingerprint density at radius 3 is 2.64 bits per heavy atom. The smallest absolute Gasteiger partial charge is 0.302 e. The van der Waals surface area contributed by atoms with Gasteiger partial charge in [0.05, 0.1) is 0 Å². The number of alkyl halides is 3. The molecular weight excluding hydrogens is 347 g/mol. The number of amidine groups is 1. The lowest BCUT2D eigenvalue weighted by molar-refractivity contribution is -0.117. The maximum Gasteiger partial charge on any atom is 0.302 e. The standard InChI is InChI=1S/C15H15Cl3N2O2/c16-15(17,18)13(21)19-14-20(9-5-2-6-10-22-14)11-12-7-3-1-4-8-12/h1-4,6-8H,5,9-11H2/b6-2-,19-14?. The molecule has 0 N–H and O–H groups in total. The zero-order valence-corrected chi connectivity index (χ0v) is 14.0. The van der Waals surface area contributed by atoms with E-state index in [1.165, 1.54) is 0 Å². The Bertz CT molecular complexity index is 568. The van der Waals surface area contributed by atoms with Crippen LogP contribution in [-0.2, 0) is 16.1 Å². The van der Waals surface area contributed by atoms with Crippen LogP contribution < -0.4 is 0 Å². The van der Waals surface area contributed by atoms with Gasteiger partial charge in [0.25, 0.3) is 9.81 Å². The first-order valence-corrected chi connectivity index (χ1v) is 7.87. The van der Waals surface area contributed by atoms with Crippen LogP contribution in [0, 0.1) is 0 Å². The Balaban J connectivity index is 2.22. The molecule has 0 saturated carbocycles. The van der Waals surface area contributed by atoms with Gasteiger partial charge in [0, 0.05) is 13.1 Å². The molecule has 0 saturated heterocycles. The molecule has 0 aromatic heterocycles. The Hall–Kier alpha value is -1.23. The first-order valence-electron chi connectivity index (χ1n) is 6.73. The molecule has 1 aliphatic heterocycles.